The average molecular weight is 187 g/mol. The van der Waals surface area contributed by atoms with Gasteiger partial charge in [-0.2, -0.15) is 5.26 Å². The lowest BCUT2D eigenvalue weighted by atomic mass is 10.1. The molecule has 70 valence electrons. The molecule has 0 bridgehead atoms. The van der Waals surface area contributed by atoms with E-state index in [1.165, 1.54) is 13.0 Å². The molecule has 1 aromatic rings. The summed E-state index contributed by atoms with van der Waals surface area (Å²) in [5, 5.41) is 17.3. The zero-order chi connectivity index (χ0) is 10.6. The van der Waals surface area contributed by atoms with Crippen molar-refractivity contribution in [3.05, 3.63) is 41.0 Å². The lowest BCUT2D eigenvalue weighted by molar-refractivity contribution is -0.132. The third kappa shape index (κ3) is 2.46. The SMILES string of the molecule is C/C(=C/c1cccc(C#N)c1)C(=O)O. The second-order valence-electron chi connectivity index (χ2n) is 2.87. The Balaban J connectivity index is 3.04. The minimum Gasteiger partial charge on any atom is -0.478 e. The van der Waals surface area contributed by atoms with Crippen LogP contribution in [0.3, 0.4) is 0 Å². The molecular weight excluding hydrogens is 178 g/mol. The van der Waals surface area contributed by atoms with E-state index in [-0.39, 0.29) is 5.57 Å². The fourth-order valence-electron chi connectivity index (χ4n) is 1.01. The van der Waals surface area contributed by atoms with Gasteiger partial charge in [-0.25, -0.2) is 4.79 Å². The van der Waals surface area contributed by atoms with Crippen molar-refractivity contribution in [1.29, 1.82) is 5.26 Å². The van der Waals surface area contributed by atoms with Crippen molar-refractivity contribution in [2.24, 2.45) is 0 Å². The summed E-state index contributed by atoms with van der Waals surface area (Å²) in [6.45, 7) is 1.52. The van der Waals surface area contributed by atoms with Gasteiger partial charge >= 0.3 is 5.97 Å². The zero-order valence-electron chi connectivity index (χ0n) is 7.69. The molecule has 1 N–H and O–H groups in total. The molecule has 0 amide bonds. The molecular formula is C11H9NO2. The Hall–Kier alpha value is -2.08. The van der Waals surface area contributed by atoms with Crippen molar-refractivity contribution >= 4 is 12.0 Å². The van der Waals surface area contributed by atoms with Crippen LogP contribution in [0.25, 0.3) is 6.08 Å². The van der Waals surface area contributed by atoms with Gasteiger partial charge in [0, 0.05) is 5.57 Å². The molecule has 0 spiro atoms. The summed E-state index contributed by atoms with van der Waals surface area (Å²) in [6, 6.07) is 8.79. The second-order valence-corrected chi connectivity index (χ2v) is 2.87. The van der Waals surface area contributed by atoms with Crippen LogP contribution >= 0.6 is 0 Å². The van der Waals surface area contributed by atoms with Crippen LogP contribution in [-0.2, 0) is 4.79 Å². The summed E-state index contributed by atoms with van der Waals surface area (Å²) in [6.07, 6.45) is 1.53. The van der Waals surface area contributed by atoms with Crippen LogP contribution in [0.1, 0.15) is 18.1 Å². The molecule has 0 aliphatic heterocycles. The molecule has 3 heteroatoms. The van der Waals surface area contributed by atoms with E-state index in [1.54, 1.807) is 24.3 Å². The lowest BCUT2D eigenvalue weighted by Crippen LogP contribution is -1.95. The fourth-order valence-corrected chi connectivity index (χ4v) is 1.01. The first-order valence-corrected chi connectivity index (χ1v) is 4.05. The summed E-state index contributed by atoms with van der Waals surface area (Å²) in [5.74, 6) is -0.952. The van der Waals surface area contributed by atoms with Crippen LogP contribution in [0.2, 0.25) is 0 Å². The van der Waals surface area contributed by atoms with E-state index < -0.39 is 5.97 Å². The number of nitrogens with zero attached hydrogens (tertiary/aromatic N) is 1. The molecule has 0 saturated heterocycles. The first-order valence-electron chi connectivity index (χ1n) is 4.05. The monoisotopic (exact) mass is 187 g/mol. The number of carbonyl (C=O) groups is 1. The standard InChI is InChI=1S/C11H9NO2/c1-8(11(13)14)5-9-3-2-4-10(6-9)7-12/h2-6H,1H3,(H,13,14)/b8-5-. The zero-order valence-corrected chi connectivity index (χ0v) is 7.69. The minimum absolute atomic E-state index is 0.250. The van der Waals surface area contributed by atoms with Gasteiger partial charge in [-0.05, 0) is 30.7 Å². The minimum atomic E-state index is -0.952. The number of nitriles is 1. The number of carboxylic acid groups (broad SMARTS) is 1. The molecule has 0 aliphatic carbocycles. The van der Waals surface area contributed by atoms with E-state index in [0.717, 1.165) is 5.56 Å². The Kier molecular flexibility index (Phi) is 3.03. The molecule has 0 aliphatic rings. The smallest absolute Gasteiger partial charge is 0.331 e. The Morgan fingerprint density at radius 3 is 2.86 bits per heavy atom. The van der Waals surface area contributed by atoms with Crippen molar-refractivity contribution in [2.75, 3.05) is 0 Å². The van der Waals surface area contributed by atoms with Crippen molar-refractivity contribution in [1.82, 2.24) is 0 Å². The van der Waals surface area contributed by atoms with E-state index in [0.29, 0.717) is 5.56 Å². The van der Waals surface area contributed by atoms with Crippen LogP contribution in [0.5, 0.6) is 0 Å². The Morgan fingerprint density at radius 2 is 2.29 bits per heavy atom. The largest absolute Gasteiger partial charge is 0.478 e. The van der Waals surface area contributed by atoms with Gasteiger partial charge in [0.05, 0.1) is 11.6 Å². The summed E-state index contributed by atoms with van der Waals surface area (Å²) < 4.78 is 0. The molecule has 0 radical (unpaired) electrons. The maximum atomic E-state index is 10.5. The predicted octanol–water partition coefficient (Wildman–Crippen LogP) is 2.05. The molecule has 0 heterocycles. The lowest BCUT2D eigenvalue weighted by Gasteiger charge is -1.95. The van der Waals surface area contributed by atoms with Gasteiger partial charge in [-0.15, -0.1) is 0 Å². The third-order valence-electron chi connectivity index (χ3n) is 1.74. The van der Waals surface area contributed by atoms with E-state index in [4.69, 9.17) is 10.4 Å². The fraction of sp³-hybridized carbons (Fsp3) is 0.0909. The molecule has 0 saturated carbocycles. The number of carboxylic acids is 1. The molecule has 14 heavy (non-hydrogen) atoms. The highest BCUT2D eigenvalue weighted by atomic mass is 16.4. The normalized spacial score (nSPS) is 10.7. The number of benzene rings is 1. The van der Waals surface area contributed by atoms with Gasteiger partial charge in [0.15, 0.2) is 0 Å². The van der Waals surface area contributed by atoms with Crippen molar-refractivity contribution < 1.29 is 9.90 Å². The molecule has 0 fully saturated rings. The molecule has 1 rings (SSSR count). The van der Waals surface area contributed by atoms with Gasteiger partial charge < -0.3 is 5.11 Å². The highest BCUT2D eigenvalue weighted by Crippen LogP contribution is 2.09. The highest BCUT2D eigenvalue weighted by Gasteiger charge is 1.99. The van der Waals surface area contributed by atoms with E-state index in [1.807, 2.05) is 6.07 Å². The van der Waals surface area contributed by atoms with Crippen LogP contribution in [0, 0.1) is 11.3 Å². The van der Waals surface area contributed by atoms with Crippen LogP contribution in [-0.4, -0.2) is 11.1 Å². The van der Waals surface area contributed by atoms with Crippen molar-refractivity contribution in [3.63, 3.8) is 0 Å². The van der Waals surface area contributed by atoms with E-state index in [9.17, 15) is 4.79 Å². The predicted molar refractivity (Wildman–Crippen MR) is 52.4 cm³/mol. The van der Waals surface area contributed by atoms with Crippen molar-refractivity contribution in [3.8, 4) is 6.07 Å². The summed E-state index contributed by atoms with van der Waals surface area (Å²) >= 11 is 0. The van der Waals surface area contributed by atoms with Crippen molar-refractivity contribution in [2.45, 2.75) is 6.92 Å². The summed E-state index contributed by atoms with van der Waals surface area (Å²) in [4.78, 5) is 10.5. The molecule has 0 unspecified atom stereocenters. The number of hydrogen-bond acceptors (Lipinski definition) is 2. The van der Waals surface area contributed by atoms with Crippen LogP contribution in [0.4, 0.5) is 0 Å². The maximum Gasteiger partial charge on any atom is 0.331 e. The Morgan fingerprint density at radius 1 is 1.57 bits per heavy atom. The Labute approximate surface area is 81.9 Å². The van der Waals surface area contributed by atoms with Crippen LogP contribution in [0.15, 0.2) is 29.8 Å². The molecule has 0 aromatic heterocycles. The first kappa shape index (κ1) is 10.0. The quantitative estimate of drug-likeness (QED) is 0.720. The first-order chi connectivity index (χ1) is 6.63. The average Bonchev–Trinajstić information content (AvgIpc) is 2.18. The molecule has 0 atom stereocenters. The molecule has 3 nitrogen and oxygen atoms in total. The van der Waals surface area contributed by atoms with Gasteiger partial charge in [0.25, 0.3) is 0 Å². The molecule has 1 aromatic carbocycles. The highest BCUT2D eigenvalue weighted by molar-refractivity contribution is 5.91. The summed E-state index contributed by atoms with van der Waals surface area (Å²) in [5.41, 5.74) is 1.50. The topological polar surface area (TPSA) is 61.1 Å². The van der Waals surface area contributed by atoms with E-state index >= 15 is 0 Å². The second kappa shape index (κ2) is 4.24. The van der Waals surface area contributed by atoms with Gasteiger partial charge in [0.2, 0.25) is 0 Å². The van der Waals surface area contributed by atoms with Gasteiger partial charge in [-0.1, -0.05) is 12.1 Å². The third-order valence-corrected chi connectivity index (χ3v) is 1.74. The van der Waals surface area contributed by atoms with Crippen LogP contribution < -0.4 is 0 Å². The number of hydrogen-bond donors (Lipinski definition) is 1. The van der Waals surface area contributed by atoms with E-state index in [2.05, 4.69) is 0 Å². The van der Waals surface area contributed by atoms with Gasteiger partial charge in [-0.3, -0.25) is 0 Å². The maximum absolute atomic E-state index is 10.5. The summed E-state index contributed by atoms with van der Waals surface area (Å²) in [7, 11) is 0. The van der Waals surface area contributed by atoms with Gasteiger partial charge in [0.1, 0.15) is 0 Å². The number of aliphatic carboxylic acids is 1. The Bertz CT molecular complexity index is 427. The number of rotatable bonds is 2.